The molecule has 3 heterocycles. The fraction of sp³-hybridized carbons (Fsp3) is 0.333. The number of ether oxygens (including phenoxy) is 1. The second kappa shape index (κ2) is 7.64. The molecule has 1 fully saturated rings. The van der Waals surface area contributed by atoms with Crippen LogP contribution in [0.3, 0.4) is 0 Å². The molecule has 1 unspecified atom stereocenters. The number of fused-ring (bicyclic) bond motifs is 1. The second-order valence-corrected chi connectivity index (χ2v) is 8.04. The average molecular weight is 446 g/mol. The van der Waals surface area contributed by atoms with Gasteiger partial charge in [0.25, 0.3) is 0 Å². The third kappa shape index (κ3) is 3.69. The molecule has 146 valence electrons. The number of rotatable bonds is 3. The number of pyridine rings is 1. The average Bonchev–Trinajstić information content (AvgIpc) is 2.99. The van der Waals surface area contributed by atoms with Gasteiger partial charge in [0.05, 0.1) is 24.1 Å². The maximum Gasteiger partial charge on any atom is 0.219 e. The summed E-state index contributed by atoms with van der Waals surface area (Å²) in [5.74, 6) is -0.285. The number of hydrogen-bond acceptors (Lipinski definition) is 3. The molecule has 7 heteroatoms. The molecule has 5 nitrogen and oxygen atoms in total. The van der Waals surface area contributed by atoms with Gasteiger partial charge in [-0.05, 0) is 42.8 Å². The SMILES string of the molecule is CC(=O)N1CCOC(Cc2c(-c3ccc(Br)cc3F)nc3cc(C)ccn23)C1. The van der Waals surface area contributed by atoms with E-state index in [1.807, 2.05) is 35.7 Å². The highest BCUT2D eigenvalue weighted by Gasteiger charge is 2.26. The summed E-state index contributed by atoms with van der Waals surface area (Å²) >= 11 is 3.31. The van der Waals surface area contributed by atoms with E-state index in [2.05, 4.69) is 15.9 Å². The van der Waals surface area contributed by atoms with Gasteiger partial charge in [0.15, 0.2) is 0 Å². The first-order chi connectivity index (χ1) is 13.4. The molecule has 1 saturated heterocycles. The largest absolute Gasteiger partial charge is 0.374 e. The quantitative estimate of drug-likeness (QED) is 0.611. The van der Waals surface area contributed by atoms with Crippen LogP contribution in [0.5, 0.6) is 0 Å². The summed E-state index contributed by atoms with van der Waals surface area (Å²) in [5, 5.41) is 0. The van der Waals surface area contributed by atoms with Crippen LogP contribution in [-0.4, -0.2) is 46.0 Å². The molecule has 0 aliphatic carbocycles. The Bertz CT molecular complexity index is 1050. The minimum absolute atomic E-state index is 0.0428. The highest BCUT2D eigenvalue weighted by atomic mass is 79.9. The van der Waals surface area contributed by atoms with Crippen molar-refractivity contribution < 1.29 is 13.9 Å². The van der Waals surface area contributed by atoms with Crippen molar-refractivity contribution in [2.45, 2.75) is 26.4 Å². The zero-order chi connectivity index (χ0) is 19.8. The Labute approximate surface area is 171 Å². The number of amides is 1. The number of hydrogen-bond donors (Lipinski definition) is 0. The molecular weight excluding hydrogens is 425 g/mol. The Kier molecular flexibility index (Phi) is 5.21. The van der Waals surface area contributed by atoms with Crippen molar-refractivity contribution in [3.05, 3.63) is 58.1 Å². The molecule has 0 N–H and O–H groups in total. The van der Waals surface area contributed by atoms with E-state index in [1.54, 1.807) is 17.9 Å². The first-order valence-electron chi connectivity index (χ1n) is 9.22. The molecule has 1 aliphatic heterocycles. The number of carbonyl (C=O) groups is 1. The van der Waals surface area contributed by atoms with Crippen LogP contribution in [0.1, 0.15) is 18.2 Å². The van der Waals surface area contributed by atoms with E-state index in [1.165, 1.54) is 6.07 Å². The Hall–Kier alpha value is -2.25. The summed E-state index contributed by atoms with van der Waals surface area (Å²) in [5.41, 5.74) is 3.81. The van der Waals surface area contributed by atoms with Gasteiger partial charge in [0, 0.05) is 42.7 Å². The minimum Gasteiger partial charge on any atom is -0.374 e. The van der Waals surface area contributed by atoms with Gasteiger partial charge < -0.3 is 14.0 Å². The fourth-order valence-electron chi connectivity index (χ4n) is 3.63. The summed E-state index contributed by atoms with van der Waals surface area (Å²) in [6, 6.07) is 8.98. The normalized spacial score (nSPS) is 17.3. The Morgan fingerprint density at radius 3 is 2.93 bits per heavy atom. The number of imidazole rings is 1. The number of benzene rings is 1. The lowest BCUT2D eigenvalue weighted by atomic mass is 10.0. The maximum absolute atomic E-state index is 14.7. The van der Waals surface area contributed by atoms with E-state index >= 15 is 0 Å². The van der Waals surface area contributed by atoms with Crippen LogP contribution in [0.15, 0.2) is 41.0 Å². The summed E-state index contributed by atoms with van der Waals surface area (Å²) in [4.78, 5) is 18.3. The van der Waals surface area contributed by atoms with E-state index in [-0.39, 0.29) is 17.8 Å². The van der Waals surface area contributed by atoms with Crippen LogP contribution in [0.25, 0.3) is 16.9 Å². The summed E-state index contributed by atoms with van der Waals surface area (Å²) in [6.45, 7) is 5.20. The molecule has 1 aliphatic rings. The molecule has 0 spiro atoms. The molecule has 2 aromatic heterocycles. The van der Waals surface area contributed by atoms with E-state index in [0.29, 0.717) is 41.8 Å². The zero-order valence-electron chi connectivity index (χ0n) is 15.8. The van der Waals surface area contributed by atoms with Crippen molar-refractivity contribution in [2.24, 2.45) is 0 Å². The molecular formula is C21H21BrFN3O2. The Morgan fingerprint density at radius 1 is 1.36 bits per heavy atom. The molecule has 4 rings (SSSR count). The van der Waals surface area contributed by atoms with E-state index in [0.717, 1.165) is 16.9 Å². The first kappa shape index (κ1) is 19.1. The molecule has 0 bridgehead atoms. The van der Waals surface area contributed by atoms with Crippen molar-refractivity contribution in [3.63, 3.8) is 0 Å². The van der Waals surface area contributed by atoms with E-state index < -0.39 is 0 Å². The summed E-state index contributed by atoms with van der Waals surface area (Å²) < 4.78 is 23.3. The predicted molar refractivity (Wildman–Crippen MR) is 109 cm³/mol. The van der Waals surface area contributed by atoms with Crippen LogP contribution in [0.2, 0.25) is 0 Å². The highest BCUT2D eigenvalue weighted by Crippen LogP contribution is 2.30. The molecule has 1 aromatic carbocycles. The number of aryl methyl sites for hydroxylation is 1. The van der Waals surface area contributed by atoms with Crippen molar-refractivity contribution in [2.75, 3.05) is 19.7 Å². The van der Waals surface area contributed by atoms with Gasteiger partial charge in [0.2, 0.25) is 5.91 Å². The smallest absolute Gasteiger partial charge is 0.219 e. The van der Waals surface area contributed by atoms with Crippen molar-refractivity contribution in [1.82, 2.24) is 14.3 Å². The minimum atomic E-state index is -0.328. The van der Waals surface area contributed by atoms with Crippen molar-refractivity contribution in [1.29, 1.82) is 0 Å². The summed E-state index contributed by atoms with van der Waals surface area (Å²) in [6.07, 6.45) is 2.34. The fourth-order valence-corrected chi connectivity index (χ4v) is 3.97. The van der Waals surface area contributed by atoms with Crippen molar-refractivity contribution in [3.8, 4) is 11.3 Å². The lowest BCUT2D eigenvalue weighted by molar-refractivity contribution is -0.136. The molecule has 0 radical (unpaired) electrons. The van der Waals surface area contributed by atoms with Crippen LogP contribution in [0, 0.1) is 12.7 Å². The topological polar surface area (TPSA) is 46.8 Å². The van der Waals surface area contributed by atoms with E-state index in [4.69, 9.17) is 9.72 Å². The van der Waals surface area contributed by atoms with Gasteiger partial charge in [-0.25, -0.2) is 9.37 Å². The molecule has 0 saturated carbocycles. The number of carbonyl (C=O) groups excluding carboxylic acids is 1. The van der Waals surface area contributed by atoms with Crippen LogP contribution in [0.4, 0.5) is 4.39 Å². The zero-order valence-corrected chi connectivity index (χ0v) is 17.4. The van der Waals surface area contributed by atoms with Crippen LogP contribution >= 0.6 is 15.9 Å². The van der Waals surface area contributed by atoms with Crippen molar-refractivity contribution >= 4 is 27.5 Å². The Balaban J connectivity index is 1.78. The molecule has 1 amide bonds. The number of nitrogens with zero attached hydrogens (tertiary/aromatic N) is 3. The highest BCUT2D eigenvalue weighted by molar-refractivity contribution is 9.10. The van der Waals surface area contributed by atoms with Gasteiger partial charge in [-0.2, -0.15) is 0 Å². The number of morpholine rings is 1. The van der Waals surface area contributed by atoms with E-state index in [9.17, 15) is 9.18 Å². The van der Waals surface area contributed by atoms with Gasteiger partial charge in [-0.1, -0.05) is 15.9 Å². The van der Waals surface area contributed by atoms with Gasteiger partial charge >= 0.3 is 0 Å². The maximum atomic E-state index is 14.7. The predicted octanol–water partition coefficient (Wildman–Crippen LogP) is 4.00. The first-order valence-corrected chi connectivity index (χ1v) is 10.0. The molecule has 28 heavy (non-hydrogen) atoms. The van der Waals surface area contributed by atoms with Gasteiger partial charge in [-0.3, -0.25) is 4.79 Å². The van der Waals surface area contributed by atoms with Crippen LogP contribution < -0.4 is 0 Å². The number of halogens is 2. The lowest BCUT2D eigenvalue weighted by Gasteiger charge is -2.32. The Morgan fingerprint density at radius 2 is 2.18 bits per heavy atom. The third-order valence-electron chi connectivity index (χ3n) is 5.07. The summed E-state index contributed by atoms with van der Waals surface area (Å²) in [7, 11) is 0. The lowest BCUT2D eigenvalue weighted by Crippen LogP contribution is -2.45. The van der Waals surface area contributed by atoms with Gasteiger partial charge in [-0.15, -0.1) is 0 Å². The van der Waals surface area contributed by atoms with Gasteiger partial charge in [0.1, 0.15) is 11.5 Å². The monoisotopic (exact) mass is 445 g/mol. The molecule has 1 atom stereocenters. The number of aromatic nitrogens is 2. The third-order valence-corrected chi connectivity index (χ3v) is 5.57. The van der Waals surface area contributed by atoms with Crippen LogP contribution in [-0.2, 0) is 16.0 Å². The molecule has 3 aromatic rings. The standard InChI is InChI=1S/C21H21BrFN3O2/c1-13-5-6-26-19(11-16-12-25(14(2)27)7-8-28-16)21(24-20(26)9-13)17-4-3-15(22)10-18(17)23/h3-6,9-10,16H,7-8,11-12H2,1-2H3. The second-order valence-electron chi connectivity index (χ2n) is 7.13.